The van der Waals surface area contributed by atoms with E-state index in [1.54, 1.807) is 55.3 Å². The standard InChI is InChI=1S/C23H24N4O5S2/c1-14-20(33-23(24-14)26(2)34(4,30)31)21(28)25-17-8-5-15-11-12-27(19(15)13-17)22(29)16-6-9-18(32-3)10-7-16/h5-10,13H,11-12H2,1-4H3,(H,25,28). The minimum Gasteiger partial charge on any atom is -0.497 e. The average molecular weight is 501 g/mol. The molecule has 2 heterocycles. The molecule has 1 aliphatic rings. The molecule has 2 aromatic carbocycles. The summed E-state index contributed by atoms with van der Waals surface area (Å²) in [4.78, 5) is 32.2. The maximum atomic E-state index is 13.1. The lowest BCUT2D eigenvalue weighted by Crippen LogP contribution is -2.28. The summed E-state index contributed by atoms with van der Waals surface area (Å²) >= 11 is 1.00. The highest BCUT2D eigenvalue weighted by molar-refractivity contribution is 7.92. The fourth-order valence-corrected chi connectivity index (χ4v) is 5.29. The molecule has 0 unspecified atom stereocenters. The molecule has 2 amide bonds. The number of thiazole rings is 1. The minimum absolute atomic E-state index is 0.128. The fourth-order valence-electron chi connectivity index (χ4n) is 3.61. The van der Waals surface area contributed by atoms with Crippen molar-refractivity contribution in [2.45, 2.75) is 13.3 Å². The molecule has 34 heavy (non-hydrogen) atoms. The third-order valence-corrected chi connectivity index (χ3v) is 8.10. The van der Waals surface area contributed by atoms with Crippen molar-refractivity contribution in [3.8, 4) is 5.75 Å². The average Bonchev–Trinajstić information content (AvgIpc) is 3.40. The van der Waals surface area contributed by atoms with Crippen molar-refractivity contribution >= 4 is 49.7 Å². The van der Waals surface area contributed by atoms with Crippen LogP contribution in [0.5, 0.6) is 5.75 Å². The number of sulfonamides is 1. The van der Waals surface area contributed by atoms with Gasteiger partial charge in [-0.15, -0.1) is 0 Å². The lowest BCUT2D eigenvalue weighted by atomic mass is 10.1. The van der Waals surface area contributed by atoms with Gasteiger partial charge >= 0.3 is 0 Å². The molecule has 4 rings (SSSR count). The third-order valence-electron chi connectivity index (χ3n) is 5.58. The van der Waals surface area contributed by atoms with Gasteiger partial charge in [0.25, 0.3) is 11.8 Å². The molecule has 3 aromatic rings. The molecule has 178 valence electrons. The van der Waals surface area contributed by atoms with Gasteiger partial charge in [0.1, 0.15) is 10.6 Å². The van der Waals surface area contributed by atoms with E-state index >= 15 is 0 Å². The molecule has 1 aliphatic heterocycles. The van der Waals surface area contributed by atoms with E-state index in [2.05, 4.69) is 10.3 Å². The van der Waals surface area contributed by atoms with Crippen LogP contribution in [0, 0.1) is 6.92 Å². The maximum absolute atomic E-state index is 13.1. The van der Waals surface area contributed by atoms with Gasteiger partial charge in [-0.3, -0.25) is 9.59 Å². The van der Waals surface area contributed by atoms with E-state index in [0.29, 0.717) is 34.1 Å². The summed E-state index contributed by atoms with van der Waals surface area (Å²) in [7, 11) is -0.522. The van der Waals surface area contributed by atoms with E-state index in [4.69, 9.17) is 4.74 Å². The number of benzene rings is 2. The van der Waals surface area contributed by atoms with Crippen LogP contribution in [0.3, 0.4) is 0 Å². The van der Waals surface area contributed by atoms with Crippen LogP contribution >= 0.6 is 11.3 Å². The predicted molar refractivity (Wildman–Crippen MR) is 133 cm³/mol. The van der Waals surface area contributed by atoms with Crippen LogP contribution in [0.25, 0.3) is 0 Å². The second-order valence-corrected chi connectivity index (χ2v) is 10.9. The molecule has 1 N–H and O–H groups in total. The number of aryl methyl sites for hydroxylation is 1. The second kappa shape index (κ2) is 9.07. The fraction of sp³-hybridized carbons (Fsp3) is 0.261. The summed E-state index contributed by atoms with van der Waals surface area (Å²) in [6.07, 6.45) is 1.80. The Labute approximate surface area is 202 Å². The number of carbonyl (C=O) groups is 2. The number of carbonyl (C=O) groups excluding carboxylic acids is 2. The summed E-state index contributed by atoms with van der Waals surface area (Å²) in [5.41, 5.74) is 3.28. The first kappa shape index (κ1) is 23.7. The first-order valence-electron chi connectivity index (χ1n) is 10.4. The molecule has 0 spiro atoms. The number of nitrogens with zero attached hydrogens (tertiary/aromatic N) is 3. The molecule has 0 saturated carbocycles. The Balaban J connectivity index is 1.55. The smallest absolute Gasteiger partial charge is 0.267 e. The zero-order valence-electron chi connectivity index (χ0n) is 19.2. The van der Waals surface area contributed by atoms with Gasteiger partial charge < -0.3 is 15.0 Å². The summed E-state index contributed by atoms with van der Waals surface area (Å²) in [6.45, 7) is 2.20. The Kier molecular flexibility index (Phi) is 6.32. The predicted octanol–water partition coefficient (Wildman–Crippen LogP) is 3.31. The van der Waals surface area contributed by atoms with Crippen LogP contribution in [0.2, 0.25) is 0 Å². The van der Waals surface area contributed by atoms with Gasteiger partial charge in [0, 0.05) is 30.5 Å². The molecule has 0 fully saturated rings. The Morgan fingerprint density at radius 1 is 1.18 bits per heavy atom. The SMILES string of the molecule is COc1ccc(C(=O)N2CCc3ccc(NC(=O)c4sc(N(C)S(C)(=O)=O)nc4C)cc32)cc1. The molecule has 1 aromatic heterocycles. The van der Waals surface area contributed by atoms with Crippen molar-refractivity contribution in [3.05, 3.63) is 64.2 Å². The molecule has 0 aliphatic carbocycles. The zero-order chi connectivity index (χ0) is 24.6. The highest BCUT2D eigenvalue weighted by Crippen LogP contribution is 2.33. The molecule has 0 atom stereocenters. The first-order chi connectivity index (χ1) is 16.1. The van der Waals surface area contributed by atoms with Crippen molar-refractivity contribution in [3.63, 3.8) is 0 Å². The third kappa shape index (κ3) is 4.62. The summed E-state index contributed by atoms with van der Waals surface area (Å²) < 4.78 is 29.8. The van der Waals surface area contributed by atoms with Gasteiger partial charge in [-0.1, -0.05) is 17.4 Å². The van der Waals surface area contributed by atoms with Crippen LogP contribution in [-0.2, 0) is 16.4 Å². The quantitative estimate of drug-likeness (QED) is 0.556. The normalized spacial score (nSPS) is 12.9. The van der Waals surface area contributed by atoms with Crippen LogP contribution in [0.1, 0.15) is 31.3 Å². The van der Waals surface area contributed by atoms with E-state index in [1.807, 2.05) is 6.07 Å². The number of amides is 2. The number of anilines is 3. The second-order valence-electron chi connectivity index (χ2n) is 7.87. The minimum atomic E-state index is -3.49. The number of nitrogens with one attached hydrogen (secondary N) is 1. The van der Waals surface area contributed by atoms with Crippen LogP contribution in [0.4, 0.5) is 16.5 Å². The molecule has 11 heteroatoms. The molecule has 0 bridgehead atoms. The van der Waals surface area contributed by atoms with E-state index in [1.165, 1.54) is 7.05 Å². The van der Waals surface area contributed by atoms with Gasteiger partial charge in [0.2, 0.25) is 10.0 Å². The van der Waals surface area contributed by atoms with Crippen molar-refractivity contribution < 1.29 is 22.7 Å². The number of methoxy groups -OCH3 is 1. The number of fused-ring (bicyclic) bond motifs is 1. The highest BCUT2D eigenvalue weighted by Gasteiger charge is 2.27. The van der Waals surface area contributed by atoms with Crippen molar-refractivity contribution in [1.82, 2.24) is 4.98 Å². The largest absolute Gasteiger partial charge is 0.497 e. The van der Waals surface area contributed by atoms with Crippen molar-refractivity contribution in [2.24, 2.45) is 0 Å². The zero-order valence-corrected chi connectivity index (χ0v) is 20.8. The van der Waals surface area contributed by atoms with E-state index in [9.17, 15) is 18.0 Å². The number of aromatic nitrogens is 1. The Hall–Kier alpha value is -3.44. The molecular formula is C23H24N4O5S2. The van der Waals surface area contributed by atoms with Crippen LogP contribution in [-0.4, -0.2) is 52.2 Å². The molecule has 9 nitrogen and oxygen atoms in total. The first-order valence-corrected chi connectivity index (χ1v) is 13.1. The Bertz CT molecular complexity index is 1370. The maximum Gasteiger partial charge on any atom is 0.267 e. The Morgan fingerprint density at radius 3 is 2.53 bits per heavy atom. The van der Waals surface area contributed by atoms with Gasteiger partial charge in [0.15, 0.2) is 5.13 Å². The summed E-state index contributed by atoms with van der Waals surface area (Å²) in [5, 5.41) is 3.06. The topological polar surface area (TPSA) is 109 Å². The van der Waals surface area contributed by atoms with Gasteiger partial charge in [-0.25, -0.2) is 17.7 Å². The van der Waals surface area contributed by atoms with E-state index < -0.39 is 15.9 Å². The van der Waals surface area contributed by atoms with Crippen LogP contribution < -0.4 is 19.3 Å². The number of rotatable bonds is 6. The van der Waals surface area contributed by atoms with E-state index in [-0.39, 0.29) is 11.0 Å². The molecule has 0 radical (unpaired) electrons. The number of hydrogen-bond acceptors (Lipinski definition) is 7. The van der Waals surface area contributed by atoms with E-state index in [0.717, 1.165) is 39.6 Å². The lowest BCUT2D eigenvalue weighted by molar-refractivity contribution is 0.0988. The van der Waals surface area contributed by atoms with Gasteiger partial charge in [0.05, 0.1) is 19.1 Å². The number of ether oxygens (including phenoxy) is 1. The van der Waals surface area contributed by atoms with Crippen molar-refractivity contribution in [2.75, 3.05) is 41.5 Å². The molecule has 0 saturated heterocycles. The van der Waals surface area contributed by atoms with Crippen LogP contribution in [0.15, 0.2) is 42.5 Å². The Morgan fingerprint density at radius 2 is 1.88 bits per heavy atom. The van der Waals surface area contributed by atoms with Gasteiger partial charge in [-0.2, -0.15) is 0 Å². The lowest BCUT2D eigenvalue weighted by Gasteiger charge is -2.18. The monoisotopic (exact) mass is 500 g/mol. The highest BCUT2D eigenvalue weighted by atomic mass is 32.2. The van der Waals surface area contributed by atoms with Gasteiger partial charge in [-0.05, 0) is 55.3 Å². The number of hydrogen-bond donors (Lipinski definition) is 1. The summed E-state index contributed by atoms with van der Waals surface area (Å²) in [5.74, 6) is 0.151. The van der Waals surface area contributed by atoms with Crippen molar-refractivity contribution in [1.29, 1.82) is 0 Å². The molecular weight excluding hydrogens is 476 g/mol. The summed E-state index contributed by atoms with van der Waals surface area (Å²) in [6, 6.07) is 12.4.